The van der Waals surface area contributed by atoms with Crippen molar-refractivity contribution >= 4 is 19.7 Å². The molecule has 81 heavy (non-hydrogen) atoms. The highest BCUT2D eigenvalue weighted by molar-refractivity contribution is 7.47. The number of amides is 1. The smallest absolute Gasteiger partial charge is 0.456 e. The first-order chi connectivity index (χ1) is 39.4. The molecule has 0 bridgehead atoms. The highest BCUT2D eigenvalue weighted by atomic mass is 31.2. The van der Waals surface area contributed by atoms with Gasteiger partial charge in [0, 0.05) is 12.8 Å². The first kappa shape index (κ1) is 78.2. The second kappa shape index (κ2) is 60.3. The second-order valence-electron chi connectivity index (χ2n) is 24.0. The molecular weight excluding hydrogens is 1020 g/mol. The molecule has 10 heteroatoms. The van der Waals surface area contributed by atoms with E-state index in [0.717, 1.165) is 103 Å². The molecule has 0 saturated carbocycles. The largest absolute Gasteiger partial charge is 0.472 e. The molecule has 470 valence electrons. The minimum absolute atomic E-state index is 0.0369. The van der Waals surface area contributed by atoms with E-state index in [1.165, 1.54) is 167 Å². The molecule has 0 aliphatic carbocycles. The van der Waals surface area contributed by atoms with E-state index < -0.39 is 20.0 Å². The van der Waals surface area contributed by atoms with Crippen LogP contribution in [0.5, 0.6) is 0 Å². The summed E-state index contributed by atoms with van der Waals surface area (Å²) in [6.45, 7) is 6.90. The van der Waals surface area contributed by atoms with Crippen LogP contribution in [0, 0.1) is 0 Å². The van der Waals surface area contributed by atoms with Crippen molar-refractivity contribution in [3.8, 4) is 0 Å². The summed E-state index contributed by atoms with van der Waals surface area (Å²) in [4.78, 5) is 37.8. The first-order valence-corrected chi connectivity index (χ1v) is 35.4. The lowest BCUT2D eigenvalue weighted by atomic mass is 10.0. The molecule has 0 fully saturated rings. The molecule has 9 nitrogen and oxygen atoms in total. The normalized spacial score (nSPS) is 14.1. The van der Waals surface area contributed by atoms with Crippen LogP contribution in [0.2, 0.25) is 0 Å². The quantitative estimate of drug-likeness (QED) is 0.0205. The van der Waals surface area contributed by atoms with E-state index in [4.69, 9.17) is 13.8 Å². The molecule has 0 aromatic heterocycles. The lowest BCUT2D eigenvalue weighted by molar-refractivity contribution is -0.870. The zero-order chi connectivity index (χ0) is 59.3. The fraction of sp³-hybridized carbons (Fsp3) is 0.775. The summed E-state index contributed by atoms with van der Waals surface area (Å²) in [5.41, 5.74) is 0. The molecule has 0 rings (SSSR count). The molecule has 0 saturated heterocycles. The van der Waals surface area contributed by atoms with Crippen molar-refractivity contribution < 1.29 is 37.3 Å². The fourth-order valence-corrected chi connectivity index (χ4v) is 10.3. The van der Waals surface area contributed by atoms with Gasteiger partial charge in [0.25, 0.3) is 0 Å². The van der Waals surface area contributed by atoms with Crippen molar-refractivity contribution in [2.24, 2.45) is 0 Å². The molecule has 3 unspecified atom stereocenters. The zero-order valence-corrected chi connectivity index (χ0v) is 54.7. The maximum atomic E-state index is 13.6. The number of unbranched alkanes of at least 4 members (excludes halogenated alkanes) is 33. The molecule has 0 aliphatic rings. The number of esters is 1. The number of nitrogens with one attached hydrogen (secondary N) is 1. The summed E-state index contributed by atoms with van der Waals surface area (Å²) in [6, 6.07) is -0.855. The Kier molecular flexibility index (Phi) is 58.2. The summed E-state index contributed by atoms with van der Waals surface area (Å²) in [5.74, 6) is -0.510. The maximum Gasteiger partial charge on any atom is 0.472 e. The van der Waals surface area contributed by atoms with Gasteiger partial charge in [-0.25, -0.2) is 4.57 Å². The Hall–Kier alpha value is -2.81. The van der Waals surface area contributed by atoms with Crippen molar-refractivity contribution in [2.75, 3.05) is 40.9 Å². The van der Waals surface area contributed by atoms with Crippen molar-refractivity contribution in [2.45, 2.75) is 315 Å². The third-order valence-electron chi connectivity index (χ3n) is 14.8. The third kappa shape index (κ3) is 61.6. The van der Waals surface area contributed by atoms with E-state index in [0.29, 0.717) is 17.4 Å². The number of quaternary nitrogens is 1. The first-order valence-electron chi connectivity index (χ1n) is 33.9. The summed E-state index contributed by atoms with van der Waals surface area (Å²) in [7, 11) is 1.49. The van der Waals surface area contributed by atoms with Crippen LogP contribution < -0.4 is 5.32 Å². The zero-order valence-electron chi connectivity index (χ0n) is 53.8. The average Bonchev–Trinajstić information content (AvgIpc) is 3.44. The SMILES string of the molecule is CC/C=C\C/C=C\C/C=C\C/C=C\C/C=C\CCCCCCCCCCCCCC(=O)OC(/C=C\CCCCCCCCCCC)C(COP(=O)(O)OCC[N+](C)(C)C)NC(=O)CCCCCCCCC/C=C/CCCCCCCC. The second-order valence-corrected chi connectivity index (χ2v) is 25.4. The topological polar surface area (TPSA) is 111 Å². The standard InChI is InChI=1S/C71H129N2O7P/c1-7-10-13-16-19-22-25-27-29-31-32-33-34-35-36-37-38-39-40-42-44-46-49-52-55-58-61-64-71(75)80-69(62-59-56-53-50-47-24-21-18-15-12-9-3)68(67-79-81(76,77)78-66-65-73(4,5)6)72-70(74)63-60-57-54-51-48-45-43-41-30-28-26-23-20-17-14-11-8-2/h10,13,19,22,27-30,32-33,35-36,59,62,68-69H,7-9,11-12,14-18,20-21,23-26,31,34,37-58,60-61,63-67H2,1-6H3,(H-,72,74,76,77)/p+1/b13-10-,22-19-,29-27-,30-28+,33-32-,36-35-,62-59-. The highest BCUT2D eigenvalue weighted by Crippen LogP contribution is 2.43. The summed E-state index contributed by atoms with van der Waals surface area (Å²) < 4.78 is 30.8. The Labute approximate surface area is 501 Å². The number of carbonyl (C=O) groups excluding carboxylic acids is 2. The molecule has 0 aliphatic heterocycles. The molecule has 0 radical (unpaired) electrons. The summed E-state index contributed by atoms with van der Waals surface area (Å²) in [5, 5.41) is 3.06. The van der Waals surface area contributed by atoms with Gasteiger partial charge in [-0.2, -0.15) is 0 Å². The van der Waals surface area contributed by atoms with Crippen LogP contribution in [-0.4, -0.2) is 74.3 Å². The van der Waals surface area contributed by atoms with Crippen LogP contribution in [0.3, 0.4) is 0 Å². The van der Waals surface area contributed by atoms with Gasteiger partial charge in [0.05, 0.1) is 33.8 Å². The highest BCUT2D eigenvalue weighted by Gasteiger charge is 2.30. The number of hydrogen-bond acceptors (Lipinski definition) is 6. The fourth-order valence-electron chi connectivity index (χ4n) is 9.61. The molecular formula is C71H130N2O7P+. The number of phosphoric ester groups is 1. The Balaban J connectivity index is 5.05. The number of phosphoric acid groups is 1. The van der Waals surface area contributed by atoms with Gasteiger partial charge in [-0.05, 0) is 102 Å². The molecule has 2 N–H and O–H groups in total. The molecule has 1 amide bonds. The van der Waals surface area contributed by atoms with Gasteiger partial charge in [0.1, 0.15) is 19.3 Å². The number of allylic oxidation sites excluding steroid dienone is 13. The van der Waals surface area contributed by atoms with Crippen molar-refractivity contribution in [1.82, 2.24) is 5.32 Å². The number of hydrogen-bond donors (Lipinski definition) is 2. The minimum Gasteiger partial charge on any atom is -0.456 e. The van der Waals surface area contributed by atoms with Crippen LogP contribution in [0.4, 0.5) is 0 Å². The summed E-state index contributed by atoms with van der Waals surface area (Å²) in [6.07, 6.45) is 80.2. The minimum atomic E-state index is -4.45. The van der Waals surface area contributed by atoms with Crippen molar-refractivity contribution in [3.63, 3.8) is 0 Å². The van der Waals surface area contributed by atoms with Crippen LogP contribution in [-0.2, 0) is 27.9 Å². The van der Waals surface area contributed by atoms with E-state index >= 15 is 0 Å². The lowest BCUT2D eigenvalue weighted by Gasteiger charge is -2.27. The number of ether oxygens (including phenoxy) is 1. The third-order valence-corrected chi connectivity index (χ3v) is 15.8. The van der Waals surface area contributed by atoms with Crippen molar-refractivity contribution in [3.05, 3.63) is 85.1 Å². The summed E-state index contributed by atoms with van der Waals surface area (Å²) >= 11 is 0. The van der Waals surface area contributed by atoms with Crippen LogP contribution in [0.25, 0.3) is 0 Å². The van der Waals surface area contributed by atoms with Gasteiger partial charge in [-0.15, -0.1) is 0 Å². The predicted molar refractivity (Wildman–Crippen MR) is 351 cm³/mol. The molecule has 0 heterocycles. The van der Waals surface area contributed by atoms with E-state index in [-0.39, 0.29) is 31.5 Å². The Bertz CT molecular complexity index is 1660. The molecule has 3 atom stereocenters. The monoisotopic (exact) mass is 1150 g/mol. The predicted octanol–water partition coefficient (Wildman–Crippen LogP) is 21.3. The van der Waals surface area contributed by atoms with Gasteiger partial charge >= 0.3 is 13.8 Å². The number of carbonyl (C=O) groups is 2. The van der Waals surface area contributed by atoms with Crippen LogP contribution >= 0.6 is 7.82 Å². The molecule has 0 aromatic carbocycles. The Morgan fingerprint density at radius 3 is 1.20 bits per heavy atom. The number of likely N-dealkylation sites (N-methyl/N-ethyl adjacent to an activating group) is 1. The van der Waals surface area contributed by atoms with Gasteiger partial charge in [-0.1, -0.05) is 273 Å². The van der Waals surface area contributed by atoms with Gasteiger partial charge < -0.3 is 19.4 Å². The lowest BCUT2D eigenvalue weighted by Crippen LogP contribution is -2.47. The number of nitrogens with zero attached hydrogens (tertiary/aromatic N) is 1. The maximum absolute atomic E-state index is 13.6. The number of rotatable bonds is 61. The van der Waals surface area contributed by atoms with E-state index in [1.54, 1.807) is 0 Å². The Morgan fingerprint density at radius 2 is 0.790 bits per heavy atom. The molecule has 0 spiro atoms. The van der Waals surface area contributed by atoms with E-state index in [9.17, 15) is 19.0 Å². The van der Waals surface area contributed by atoms with E-state index in [1.807, 2.05) is 33.3 Å². The van der Waals surface area contributed by atoms with Gasteiger partial charge in [-0.3, -0.25) is 18.6 Å². The van der Waals surface area contributed by atoms with E-state index in [2.05, 4.69) is 99.0 Å². The van der Waals surface area contributed by atoms with Crippen LogP contribution in [0.1, 0.15) is 303 Å². The van der Waals surface area contributed by atoms with Crippen molar-refractivity contribution in [1.29, 1.82) is 0 Å². The van der Waals surface area contributed by atoms with Gasteiger partial charge in [0.2, 0.25) is 5.91 Å². The van der Waals surface area contributed by atoms with Crippen LogP contribution in [0.15, 0.2) is 85.1 Å². The Morgan fingerprint density at radius 1 is 0.444 bits per heavy atom. The average molecular weight is 1150 g/mol. The van der Waals surface area contributed by atoms with Gasteiger partial charge in [0.15, 0.2) is 0 Å². The molecule has 0 aromatic rings.